The van der Waals surface area contributed by atoms with E-state index in [1.54, 1.807) is 23.2 Å². The number of pyridine rings is 1. The summed E-state index contributed by atoms with van der Waals surface area (Å²) in [6.45, 7) is 2.16. The van der Waals surface area contributed by atoms with Gasteiger partial charge in [0.25, 0.3) is 15.9 Å². The Balaban J connectivity index is 1.44. The molecule has 0 aliphatic carbocycles. The molecule has 1 aliphatic rings. The summed E-state index contributed by atoms with van der Waals surface area (Å²) >= 11 is 5.88. The summed E-state index contributed by atoms with van der Waals surface area (Å²) in [4.78, 5) is 21.0. The fraction of sp³-hybridized carbons (Fsp3) is 0.182. The van der Waals surface area contributed by atoms with E-state index in [0.717, 1.165) is 18.0 Å². The molecule has 4 rings (SSSR count). The molecule has 0 unspecified atom stereocenters. The summed E-state index contributed by atoms with van der Waals surface area (Å²) < 4.78 is 40.9. The molecule has 1 N–H and O–H groups in total. The van der Waals surface area contributed by atoms with Gasteiger partial charge >= 0.3 is 0 Å². The molecule has 1 aliphatic heterocycles. The monoisotopic (exact) mass is 474 g/mol. The largest absolute Gasteiger partial charge is 0.353 e. The SMILES string of the molecule is O=C(c1cccc(S(=O)(=O)Nc2ccc(F)cc2)c1)N1CCN(c2ccc(Cl)cn2)CC1. The molecule has 2 heterocycles. The topological polar surface area (TPSA) is 82.6 Å². The van der Waals surface area contributed by atoms with Crippen LogP contribution in [0.1, 0.15) is 10.4 Å². The van der Waals surface area contributed by atoms with Crippen molar-refractivity contribution in [2.75, 3.05) is 35.8 Å². The Bertz CT molecular complexity index is 1210. The van der Waals surface area contributed by atoms with E-state index < -0.39 is 15.8 Å². The maximum Gasteiger partial charge on any atom is 0.261 e. The number of carbonyl (C=O) groups is 1. The van der Waals surface area contributed by atoms with Gasteiger partial charge in [-0.25, -0.2) is 17.8 Å². The summed E-state index contributed by atoms with van der Waals surface area (Å²) in [5.41, 5.74) is 0.514. The standard InChI is InChI=1S/C22H20ClFN4O3S/c23-17-4-9-21(25-15-17)27-10-12-28(13-11-27)22(29)16-2-1-3-20(14-16)32(30,31)26-19-7-5-18(24)6-8-19/h1-9,14-15,26H,10-13H2. The van der Waals surface area contributed by atoms with E-state index in [4.69, 9.17) is 11.6 Å². The molecule has 0 spiro atoms. The average Bonchev–Trinajstić information content (AvgIpc) is 2.81. The molecule has 10 heteroatoms. The highest BCUT2D eigenvalue weighted by Crippen LogP contribution is 2.20. The van der Waals surface area contributed by atoms with Crippen molar-refractivity contribution in [3.8, 4) is 0 Å². The Kier molecular flexibility index (Phi) is 6.29. The lowest BCUT2D eigenvalue weighted by Crippen LogP contribution is -2.49. The van der Waals surface area contributed by atoms with Crippen molar-refractivity contribution in [1.29, 1.82) is 0 Å². The van der Waals surface area contributed by atoms with E-state index in [-0.39, 0.29) is 22.1 Å². The fourth-order valence-corrected chi connectivity index (χ4v) is 4.62. The molecule has 1 aromatic heterocycles. The van der Waals surface area contributed by atoms with Crippen LogP contribution >= 0.6 is 11.6 Å². The minimum absolute atomic E-state index is 0.0447. The van der Waals surface area contributed by atoms with E-state index in [1.807, 2.05) is 6.07 Å². The Morgan fingerprint density at radius 3 is 2.38 bits per heavy atom. The second-order valence-electron chi connectivity index (χ2n) is 7.25. The molecule has 0 saturated carbocycles. The molecule has 0 atom stereocenters. The van der Waals surface area contributed by atoms with Crippen LogP contribution in [0.4, 0.5) is 15.9 Å². The second kappa shape index (κ2) is 9.13. The van der Waals surface area contributed by atoms with Gasteiger partial charge in [0.05, 0.1) is 9.92 Å². The fourth-order valence-electron chi connectivity index (χ4n) is 3.40. The van der Waals surface area contributed by atoms with Crippen LogP contribution in [0.2, 0.25) is 5.02 Å². The lowest BCUT2D eigenvalue weighted by molar-refractivity contribution is 0.0746. The van der Waals surface area contributed by atoms with Gasteiger partial charge in [0, 0.05) is 43.6 Å². The Labute approximate surface area is 190 Å². The lowest BCUT2D eigenvalue weighted by Gasteiger charge is -2.35. The van der Waals surface area contributed by atoms with E-state index in [1.165, 1.54) is 30.3 Å². The first kappa shape index (κ1) is 22.0. The smallest absolute Gasteiger partial charge is 0.261 e. The van der Waals surface area contributed by atoms with Crippen LogP contribution in [0.25, 0.3) is 0 Å². The number of nitrogens with one attached hydrogen (secondary N) is 1. The number of piperazine rings is 1. The number of carbonyl (C=O) groups excluding carboxylic acids is 1. The van der Waals surface area contributed by atoms with Crippen molar-refractivity contribution in [1.82, 2.24) is 9.88 Å². The van der Waals surface area contributed by atoms with Crippen LogP contribution in [0, 0.1) is 5.82 Å². The predicted octanol–water partition coefficient (Wildman–Crippen LogP) is 3.64. The molecule has 7 nitrogen and oxygen atoms in total. The minimum Gasteiger partial charge on any atom is -0.353 e. The Hall–Kier alpha value is -3.17. The minimum atomic E-state index is -3.93. The van der Waals surface area contributed by atoms with Crippen LogP contribution in [-0.2, 0) is 10.0 Å². The molecule has 1 saturated heterocycles. The Morgan fingerprint density at radius 2 is 1.72 bits per heavy atom. The van der Waals surface area contributed by atoms with E-state index in [0.29, 0.717) is 31.2 Å². The molecule has 3 aromatic rings. The van der Waals surface area contributed by atoms with Crippen molar-refractivity contribution >= 4 is 39.0 Å². The van der Waals surface area contributed by atoms with Gasteiger partial charge in [-0.15, -0.1) is 0 Å². The van der Waals surface area contributed by atoms with Crippen LogP contribution in [0.3, 0.4) is 0 Å². The third kappa shape index (κ3) is 5.00. The molecule has 32 heavy (non-hydrogen) atoms. The zero-order chi connectivity index (χ0) is 22.7. The van der Waals surface area contributed by atoms with Gasteiger partial charge < -0.3 is 9.80 Å². The van der Waals surface area contributed by atoms with Crippen LogP contribution < -0.4 is 9.62 Å². The maximum atomic E-state index is 13.1. The second-order valence-corrected chi connectivity index (χ2v) is 9.37. The number of benzene rings is 2. The van der Waals surface area contributed by atoms with Crippen LogP contribution in [0.5, 0.6) is 0 Å². The Morgan fingerprint density at radius 1 is 1.00 bits per heavy atom. The zero-order valence-corrected chi connectivity index (χ0v) is 18.5. The van der Waals surface area contributed by atoms with Gasteiger partial charge in [-0.3, -0.25) is 9.52 Å². The molecular weight excluding hydrogens is 455 g/mol. The van der Waals surface area contributed by atoms with Gasteiger partial charge in [-0.1, -0.05) is 17.7 Å². The summed E-state index contributed by atoms with van der Waals surface area (Å²) in [5, 5.41) is 0.561. The first-order valence-corrected chi connectivity index (χ1v) is 11.7. The van der Waals surface area contributed by atoms with Crippen molar-refractivity contribution < 1.29 is 17.6 Å². The predicted molar refractivity (Wildman–Crippen MR) is 121 cm³/mol. The van der Waals surface area contributed by atoms with Crippen molar-refractivity contribution in [2.24, 2.45) is 0 Å². The van der Waals surface area contributed by atoms with Crippen molar-refractivity contribution in [3.05, 3.63) is 83.3 Å². The number of sulfonamides is 1. The number of hydrogen-bond acceptors (Lipinski definition) is 5. The summed E-state index contributed by atoms with van der Waals surface area (Å²) in [6.07, 6.45) is 1.58. The molecule has 1 amide bonds. The number of anilines is 2. The number of aromatic nitrogens is 1. The highest BCUT2D eigenvalue weighted by Gasteiger charge is 2.24. The summed E-state index contributed by atoms with van der Waals surface area (Å²) in [5.74, 6) is 0.0847. The van der Waals surface area contributed by atoms with Gasteiger partial charge in [-0.05, 0) is 54.6 Å². The van der Waals surface area contributed by atoms with Gasteiger partial charge in [0.1, 0.15) is 11.6 Å². The average molecular weight is 475 g/mol. The number of hydrogen-bond donors (Lipinski definition) is 1. The maximum absolute atomic E-state index is 13.1. The quantitative estimate of drug-likeness (QED) is 0.610. The third-order valence-electron chi connectivity index (χ3n) is 5.09. The molecule has 0 radical (unpaired) electrons. The molecule has 166 valence electrons. The van der Waals surface area contributed by atoms with E-state index in [2.05, 4.69) is 14.6 Å². The highest BCUT2D eigenvalue weighted by atomic mass is 35.5. The van der Waals surface area contributed by atoms with Crippen molar-refractivity contribution in [3.63, 3.8) is 0 Å². The summed E-state index contributed by atoms with van der Waals surface area (Å²) in [7, 11) is -3.93. The zero-order valence-electron chi connectivity index (χ0n) is 16.9. The highest BCUT2D eigenvalue weighted by molar-refractivity contribution is 7.92. The first-order chi connectivity index (χ1) is 15.3. The van der Waals surface area contributed by atoms with E-state index in [9.17, 15) is 17.6 Å². The van der Waals surface area contributed by atoms with Crippen LogP contribution in [0.15, 0.2) is 71.8 Å². The van der Waals surface area contributed by atoms with E-state index >= 15 is 0 Å². The number of nitrogens with zero attached hydrogens (tertiary/aromatic N) is 3. The first-order valence-electron chi connectivity index (χ1n) is 9.86. The number of rotatable bonds is 5. The molecule has 0 bridgehead atoms. The number of halogens is 2. The van der Waals surface area contributed by atoms with Gasteiger partial charge in [0.15, 0.2) is 0 Å². The third-order valence-corrected chi connectivity index (χ3v) is 6.69. The van der Waals surface area contributed by atoms with Gasteiger partial charge in [0.2, 0.25) is 0 Å². The van der Waals surface area contributed by atoms with Crippen LogP contribution in [-0.4, -0.2) is 50.4 Å². The molecule has 2 aromatic carbocycles. The summed E-state index contributed by atoms with van der Waals surface area (Å²) in [6, 6.07) is 14.5. The molecular formula is C22H20ClFN4O3S. The molecule has 1 fully saturated rings. The van der Waals surface area contributed by atoms with Gasteiger partial charge in [-0.2, -0.15) is 0 Å². The van der Waals surface area contributed by atoms with Crippen molar-refractivity contribution in [2.45, 2.75) is 4.90 Å². The lowest BCUT2D eigenvalue weighted by atomic mass is 10.2. The normalized spacial score (nSPS) is 14.3. The number of amides is 1.